The maximum Gasteiger partial charge on any atom is 0.505 e. The third-order valence-corrected chi connectivity index (χ3v) is 29.3. The Morgan fingerprint density at radius 2 is 0.721 bits per heavy atom. The van der Waals surface area contributed by atoms with Gasteiger partial charge in [0.05, 0.1) is 89.2 Å². The van der Waals surface area contributed by atoms with E-state index in [-0.39, 0.29) is 71.6 Å². The summed E-state index contributed by atoms with van der Waals surface area (Å²) in [7, 11) is -1.31. The van der Waals surface area contributed by atoms with Crippen LogP contribution in [0.2, 0.25) is 15.1 Å². The van der Waals surface area contributed by atoms with Crippen molar-refractivity contribution in [2.24, 2.45) is 11.5 Å². The highest BCUT2D eigenvalue weighted by Gasteiger charge is 2.64. The fourth-order valence-electron chi connectivity index (χ4n) is 12.1. The van der Waals surface area contributed by atoms with Gasteiger partial charge in [-0.1, -0.05) is 40.9 Å². The normalized spacial score (nSPS) is 16.7. The van der Waals surface area contributed by atoms with Crippen molar-refractivity contribution in [2.45, 2.75) is 285 Å². The second-order valence-electron chi connectivity index (χ2n) is 38.0. The van der Waals surface area contributed by atoms with Crippen LogP contribution in [0.5, 0.6) is 0 Å². The smallest absolute Gasteiger partial charge is 0.444 e. The Morgan fingerprint density at radius 1 is 0.426 bits per heavy atom. The van der Waals surface area contributed by atoms with Crippen molar-refractivity contribution in [2.75, 3.05) is 16.0 Å². The van der Waals surface area contributed by atoms with Gasteiger partial charge >= 0.3 is 39.4 Å². The van der Waals surface area contributed by atoms with Gasteiger partial charge in [0.15, 0.2) is 51.3 Å². The van der Waals surface area contributed by atoms with Crippen molar-refractivity contribution in [3.8, 4) is 21.4 Å². The third-order valence-electron chi connectivity index (χ3n) is 21.6. The lowest BCUT2D eigenvalue weighted by molar-refractivity contribution is 0.00578. The summed E-state index contributed by atoms with van der Waals surface area (Å²) in [5.41, 5.74) is 10.8. The van der Waals surface area contributed by atoms with Gasteiger partial charge in [-0.05, 0) is 286 Å². The van der Waals surface area contributed by atoms with Crippen LogP contribution in [0.4, 0.5) is 49.3 Å². The fraction of sp³-hybridized carbons (Fsp3) is 0.500. The summed E-state index contributed by atoms with van der Waals surface area (Å²) in [5.74, 6) is 6.73. The molecule has 32 nitrogen and oxygen atoms in total. The summed E-state index contributed by atoms with van der Waals surface area (Å²) >= 11 is 36.3. The van der Waals surface area contributed by atoms with Crippen LogP contribution in [0, 0.1) is 0 Å². The van der Waals surface area contributed by atoms with Gasteiger partial charge in [0.1, 0.15) is 31.9 Å². The van der Waals surface area contributed by atoms with Gasteiger partial charge in [0, 0.05) is 95.3 Å². The molecule has 0 aromatic carbocycles. The van der Waals surface area contributed by atoms with Gasteiger partial charge in [-0.2, -0.15) is 15.3 Å². The summed E-state index contributed by atoms with van der Waals surface area (Å²) in [5, 5.41) is 40.8. The minimum Gasteiger partial charge on any atom is -0.444 e. The quantitative estimate of drug-likeness (QED) is 0.0181. The van der Waals surface area contributed by atoms with E-state index in [9.17, 15) is 14.4 Å². The van der Waals surface area contributed by atoms with E-state index in [0.29, 0.717) is 111 Å². The molecule has 17 rings (SSSR count). The summed E-state index contributed by atoms with van der Waals surface area (Å²) in [6.45, 7) is 43.3. The first-order chi connectivity index (χ1) is 62.7. The second-order valence-corrected chi connectivity index (χ2v) is 48.6. The minimum absolute atomic E-state index is 0. The molecule has 3 aliphatic carbocycles. The van der Waals surface area contributed by atoms with Gasteiger partial charge in [-0.15, -0.1) is 81.5 Å². The molecule has 0 unspecified atom stereocenters. The van der Waals surface area contributed by atoms with Gasteiger partial charge in [-0.25, -0.2) is 44.3 Å². The molecule has 0 radical (unpaired) electrons. The van der Waals surface area contributed by atoms with Crippen molar-refractivity contribution >= 4 is 243 Å². The van der Waals surface area contributed by atoms with Gasteiger partial charge in [-0.3, -0.25) is 15.3 Å². The average Bonchev–Trinajstić information content (AvgIpc) is 1.59. The SMILES string of the molecule is CC(C)(C)OC(=O)NCc1ccc(-c2ncc(Cl)c(Nc3cc(C4CC4)[nH]n3)n2)s1.CC(C)(C)OC(=O)NCc1ccc(B2OC(C)(C)C(C)(C)O2)s1.CC(C)(C)OC(=O)NCc1ccc(Br)s1.CC1(C)OB(B2OC(C)(C)C(C)(C)O2)OC1(C)C.Cl.Cl.Clc1cnc(Br)nc1Nc1cc(C2CC2)[nH]n1.NCc1ccc(-c2ncc(Cl)c(Nc3cc(C4CC4)[nH]n3)n2)s1.NCc1ccc(Br)s1. The van der Waals surface area contributed by atoms with Crippen LogP contribution >= 0.6 is 164 Å². The number of hydrogen-bond acceptors (Lipinski definition) is 31. The van der Waals surface area contributed by atoms with E-state index < -0.39 is 43.0 Å². The maximum atomic E-state index is 11.8. The van der Waals surface area contributed by atoms with Crippen molar-refractivity contribution in [1.29, 1.82) is 0 Å². The predicted molar refractivity (Wildman–Crippen MR) is 563 cm³/mol. The number of carbonyl (C=O) groups is 3. The number of nitrogens with zero attached hydrogens (tertiary/aromatic N) is 9. The third kappa shape index (κ3) is 34.0. The average molecular weight is 2260 g/mol. The van der Waals surface area contributed by atoms with E-state index in [0.717, 1.165) is 64.5 Å². The molecule has 0 bridgehead atoms. The number of carbonyl (C=O) groups excluding carboxylic acids is 3. The lowest BCUT2D eigenvalue weighted by Gasteiger charge is -2.32. The Bertz CT molecular complexity index is 5690. The van der Waals surface area contributed by atoms with Crippen LogP contribution in [0.15, 0.2) is 110 Å². The number of H-pyrrole nitrogens is 3. The van der Waals surface area contributed by atoms with E-state index >= 15 is 0 Å². The molecule has 14 heterocycles. The molecule has 3 saturated heterocycles. The zero-order chi connectivity index (χ0) is 97.8. The number of nitrogens with two attached hydrogens (primary N) is 2. The van der Waals surface area contributed by atoms with E-state index in [1.165, 1.54) is 60.9 Å². The molecule has 11 aromatic heterocycles. The maximum absolute atomic E-state index is 11.8. The first kappa shape index (κ1) is 113. The lowest BCUT2D eigenvalue weighted by Crippen LogP contribution is -2.41. The van der Waals surface area contributed by atoms with Crippen molar-refractivity contribution in [3.63, 3.8) is 0 Å². The predicted octanol–water partition coefficient (Wildman–Crippen LogP) is 23.8. The Labute approximate surface area is 868 Å². The van der Waals surface area contributed by atoms with Crippen LogP contribution in [0.25, 0.3) is 21.4 Å². The Hall–Kier alpha value is -6.66. The molecule has 6 fully saturated rings. The number of alkyl carbamates (subject to hydrolysis) is 3. The number of amides is 3. The first-order valence-electron chi connectivity index (χ1n) is 43.5. The molecule has 3 amide bonds. The Balaban J connectivity index is 0.000000182. The highest BCUT2D eigenvalue weighted by molar-refractivity contribution is 9.11. The number of rotatable bonds is 21. The zero-order valence-corrected chi connectivity index (χ0v) is 92.4. The highest BCUT2D eigenvalue weighted by Crippen LogP contribution is 2.46. The van der Waals surface area contributed by atoms with Crippen LogP contribution in [0.1, 0.15) is 243 Å². The molecular formula is C88H119B3Br3Cl5N20O12S5. The lowest BCUT2D eigenvalue weighted by atomic mass is 9.49. The van der Waals surface area contributed by atoms with Crippen molar-refractivity contribution in [1.82, 2.24) is 76.4 Å². The molecule has 3 aliphatic heterocycles. The van der Waals surface area contributed by atoms with E-state index in [1.807, 2.05) is 224 Å². The Kier molecular flexibility index (Phi) is 39.8. The van der Waals surface area contributed by atoms with E-state index in [4.69, 9.17) is 88.4 Å². The summed E-state index contributed by atoms with van der Waals surface area (Å²) in [6, 6.07) is 25.7. The first-order valence-corrected chi connectivity index (χ1v) is 51.1. The highest BCUT2D eigenvalue weighted by atomic mass is 79.9. The summed E-state index contributed by atoms with van der Waals surface area (Å²) in [6.07, 6.45) is 10.8. The standard InChI is InChI=1S/C20H23ClN6O2S.C16H26BNO4S.C15H15ClN6S.C12H24B2O4.C10H9BrClN5.C10H14BrNO2S.C5H6BrNS.2ClH/c1-20(2,3)29-19(28)23-9-12-6-7-15(30-12)18-22-10-13(21)17(25-18)24-16-8-14(26-27-16)11-4-5-11;1-14(2,3)20-13(19)18-10-11-8-9-12(23-11)17-21-15(4,5)16(6,7)22-17;16-10-7-18-15(12-4-3-9(6-17)23-12)20-14(10)19-13-5-11(21-22-13)8-1-2-8;1-9(2)10(3,4)16-13(15-9)14-17-11(5,6)12(7,8)18-14;11-10-13-4-6(12)9(15-10)14-8-3-7(16-17-8)5-1-2-5;1-10(2,3)14-9(13)12-6-7-4-5-8(11)15-7;6-5-2-1-4(3-7)8-5;;/h6-8,10-11H,4-5,9H2,1-3H3,(H,23,28)(H2,22,24,25,26,27);8-9H,10H2,1-7H3,(H,18,19);3-5,7-8H,1-2,6,17H2,(H2,18,19,20,21,22);1-8H3;3-5H,1-2H2,(H2,13,14,15,16,17);4-5H,6H2,1-3H3,(H,12,13);1-2H,3,7H2;2*1H. The van der Waals surface area contributed by atoms with Crippen LogP contribution in [-0.4, -0.2) is 150 Å². The van der Waals surface area contributed by atoms with E-state index in [2.05, 4.69) is 140 Å². The molecule has 738 valence electrons. The molecule has 13 N–H and O–H groups in total. The molecule has 3 saturated carbocycles. The van der Waals surface area contributed by atoms with Gasteiger partial charge < -0.3 is 85.5 Å². The molecule has 0 atom stereocenters. The molecular weight excluding hydrogens is 2140 g/mol. The number of ether oxygens (including phenoxy) is 3. The van der Waals surface area contributed by atoms with E-state index in [1.54, 1.807) is 57.7 Å². The van der Waals surface area contributed by atoms with Crippen LogP contribution in [-0.2, 0) is 74.9 Å². The van der Waals surface area contributed by atoms with Gasteiger partial charge in [0.2, 0.25) is 0 Å². The number of hydrogen-bond donors (Lipinski definition) is 11. The van der Waals surface area contributed by atoms with Crippen molar-refractivity contribution in [3.05, 3.63) is 166 Å². The zero-order valence-electron chi connectivity index (χ0n) is 79.7. The number of thiophene rings is 5. The number of aromatic amines is 3. The second kappa shape index (κ2) is 47.9. The largest absolute Gasteiger partial charge is 0.505 e. The molecule has 11 aromatic rings. The van der Waals surface area contributed by atoms with Crippen LogP contribution < -0.4 is 48.1 Å². The minimum atomic E-state index is -0.529. The number of halogens is 8. The molecule has 48 heteroatoms. The van der Waals surface area contributed by atoms with Gasteiger partial charge in [0.25, 0.3) is 0 Å². The number of aromatic nitrogens is 12. The Morgan fingerprint density at radius 3 is 1.04 bits per heavy atom. The molecule has 136 heavy (non-hydrogen) atoms. The topological polar surface area (TPSA) is 422 Å². The van der Waals surface area contributed by atoms with Crippen LogP contribution in [0.3, 0.4) is 0 Å². The molecule has 0 spiro atoms. The fourth-order valence-corrected chi connectivity index (χ4v) is 18.2. The number of nitrogens with one attached hydrogen (secondary N) is 9. The molecule has 6 aliphatic rings. The number of anilines is 6. The summed E-state index contributed by atoms with van der Waals surface area (Å²) in [4.78, 5) is 67.8. The summed E-state index contributed by atoms with van der Waals surface area (Å²) < 4.78 is 55.2. The van der Waals surface area contributed by atoms with Crippen molar-refractivity contribution < 1.29 is 56.5 Å². The monoisotopic (exact) mass is 2250 g/mol.